The Morgan fingerprint density at radius 1 is 1.08 bits per heavy atom. The Labute approximate surface area is 146 Å². The van der Waals surface area contributed by atoms with Gasteiger partial charge in [0.25, 0.3) is 5.91 Å². The van der Waals surface area contributed by atoms with Crippen LogP contribution in [0.1, 0.15) is 12.0 Å². The van der Waals surface area contributed by atoms with Crippen LogP contribution in [-0.4, -0.2) is 47.0 Å². The van der Waals surface area contributed by atoms with Crippen LogP contribution in [0.25, 0.3) is 0 Å². The first-order valence-corrected chi connectivity index (χ1v) is 8.53. The molecule has 3 amide bonds. The number of urea groups is 1. The highest BCUT2D eigenvalue weighted by molar-refractivity contribution is 6.23. The number of amides is 3. The normalized spacial score (nSPS) is 23.5. The highest BCUT2D eigenvalue weighted by Crippen LogP contribution is 2.37. The minimum absolute atomic E-state index is 0.155. The maximum absolute atomic E-state index is 13.4. The summed E-state index contributed by atoms with van der Waals surface area (Å²) in [6, 6.07) is 13.1. The number of aromatic nitrogens is 1. The summed E-state index contributed by atoms with van der Waals surface area (Å²) in [6.07, 6.45) is 4.33. The maximum Gasteiger partial charge on any atom is 0.332 e. The van der Waals surface area contributed by atoms with Gasteiger partial charge in [-0.25, -0.2) is 9.69 Å². The lowest BCUT2D eigenvalue weighted by Crippen LogP contribution is -2.51. The van der Waals surface area contributed by atoms with Gasteiger partial charge in [-0.2, -0.15) is 0 Å². The summed E-state index contributed by atoms with van der Waals surface area (Å²) in [4.78, 5) is 33.6. The van der Waals surface area contributed by atoms with Crippen molar-refractivity contribution in [3.05, 3.63) is 60.4 Å². The average molecular weight is 336 g/mol. The molecule has 0 saturated carbocycles. The van der Waals surface area contributed by atoms with Crippen LogP contribution in [0.2, 0.25) is 0 Å². The number of carbonyl (C=O) groups is 2. The van der Waals surface area contributed by atoms with Gasteiger partial charge in [-0.3, -0.25) is 9.78 Å². The van der Waals surface area contributed by atoms with Crippen LogP contribution in [0.4, 0.5) is 10.5 Å². The smallest absolute Gasteiger partial charge is 0.315 e. The van der Waals surface area contributed by atoms with E-state index in [4.69, 9.17) is 0 Å². The third-order valence-electron chi connectivity index (χ3n) is 5.01. The molecular weight excluding hydrogens is 316 g/mol. The minimum Gasteiger partial charge on any atom is -0.315 e. The Hall–Kier alpha value is -2.73. The van der Waals surface area contributed by atoms with E-state index in [0.29, 0.717) is 38.2 Å². The van der Waals surface area contributed by atoms with E-state index in [2.05, 4.69) is 10.3 Å². The first-order valence-electron chi connectivity index (χ1n) is 8.53. The van der Waals surface area contributed by atoms with Crippen molar-refractivity contribution in [3.8, 4) is 0 Å². The summed E-state index contributed by atoms with van der Waals surface area (Å²) >= 11 is 0. The van der Waals surface area contributed by atoms with Gasteiger partial charge in [0.15, 0.2) is 0 Å². The third kappa shape index (κ3) is 2.59. The van der Waals surface area contributed by atoms with Gasteiger partial charge in [0.2, 0.25) is 0 Å². The van der Waals surface area contributed by atoms with Crippen LogP contribution in [-0.2, 0) is 11.2 Å². The molecule has 6 nitrogen and oxygen atoms in total. The second kappa shape index (κ2) is 6.29. The molecule has 2 aliphatic rings. The van der Waals surface area contributed by atoms with Gasteiger partial charge in [0, 0.05) is 25.7 Å². The third-order valence-corrected chi connectivity index (χ3v) is 5.01. The van der Waals surface area contributed by atoms with Crippen LogP contribution in [0, 0.1) is 0 Å². The molecule has 4 rings (SSSR count). The topological polar surface area (TPSA) is 65.5 Å². The van der Waals surface area contributed by atoms with Gasteiger partial charge in [-0.1, -0.05) is 30.3 Å². The lowest BCUT2D eigenvalue weighted by molar-refractivity contribution is -0.125. The molecule has 25 heavy (non-hydrogen) atoms. The van der Waals surface area contributed by atoms with Gasteiger partial charge in [0.05, 0.1) is 11.9 Å². The molecule has 0 aliphatic carbocycles. The summed E-state index contributed by atoms with van der Waals surface area (Å²) < 4.78 is 0. The number of hydrogen-bond donors (Lipinski definition) is 1. The van der Waals surface area contributed by atoms with E-state index in [9.17, 15) is 9.59 Å². The van der Waals surface area contributed by atoms with Crippen LogP contribution >= 0.6 is 0 Å². The molecule has 1 aromatic heterocycles. The molecule has 2 aromatic rings. The molecule has 0 radical (unpaired) electrons. The Morgan fingerprint density at radius 2 is 1.92 bits per heavy atom. The van der Waals surface area contributed by atoms with E-state index in [1.165, 1.54) is 4.90 Å². The van der Waals surface area contributed by atoms with Gasteiger partial charge >= 0.3 is 6.03 Å². The number of hydrogen-bond acceptors (Lipinski definition) is 4. The Kier molecular flexibility index (Phi) is 3.97. The molecule has 0 spiro atoms. The van der Waals surface area contributed by atoms with Crippen LogP contribution < -0.4 is 10.2 Å². The Bertz CT molecular complexity index is 781. The van der Waals surface area contributed by atoms with Crippen molar-refractivity contribution >= 4 is 17.6 Å². The van der Waals surface area contributed by atoms with Gasteiger partial charge in [0.1, 0.15) is 5.54 Å². The zero-order chi connectivity index (χ0) is 17.3. The van der Waals surface area contributed by atoms with Crippen molar-refractivity contribution < 1.29 is 9.59 Å². The van der Waals surface area contributed by atoms with E-state index < -0.39 is 5.54 Å². The molecule has 2 aliphatic heterocycles. The number of pyridine rings is 1. The predicted octanol–water partition coefficient (Wildman–Crippen LogP) is 1.82. The number of benzene rings is 1. The van der Waals surface area contributed by atoms with Crippen LogP contribution in [0.5, 0.6) is 0 Å². The zero-order valence-electron chi connectivity index (χ0n) is 13.9. The van der Waals surface area contributed by atoms with Gasteiger partial charge in [-0.15, -0.1) is 0 Å². The molecule has 6 heteroatoms. The fourth-order valence-corrected chi connectivity index (χ4v) is 3.78. The zero-order valence-corrected chi connectivity index (χ0v) is 13.9. The second-order valence-corrected chi connectivity index (χ2v) is 6.48. The van der Waals surface area contributed by atoms with Crippen molar-refractivity contribution in [1.29, 1.82) is 0 Å². The van der Waals surface area contributed by atoms with Gasteiger partial charge < -0.3 is 10.2 Å². The number of nitrogens with zero attached hydrogens (tertiary/aromatic N) is 3. The average Bonchev–Trinajstić information content (AvgIpc) is 2.79. The lowest BCUT2D eigenvalue weighted by Gasteiger charge is -2.33. The summed E-state index contributed by atoms with van der Waals surface area (Å²) in [6.45, 7) is 1.92. The fraction of sp³-hybridized carbons (Fsp3) is 0.316. The van der Waals surface area contributed by atoms with E-state index in [0.717, 1.165) is 5.56 Å². The molecule has 1 unspecified atom stereocenters. The van der Waals surface area contributed by atoms with Crippen molar-refractivity contribution in [1.82, 2.24) is 15.2 Å². The Balaban J connectivity index is 1.77. The fourth-order valence-electron chi connectivity index (χ4n) is 3.78. The number of nitrogens with one attached hydrogen (secondary N) is 1. The van der Waals surface area contributed by atoms with Crippen molar-refractivity contribution in [2.75, 3.05) is 24.5 Å². The highest BCUT2D eigenvalue weighted by atomic mass is 16.2. The lowest BCUT2D eigenvalue weighted by atomic mass is 9.86. The van der Waals surface area contributed by atoms with Crippen molar-refractivity contribution in [2.24, 2.45) is 0 Å². The summed E-state index contributed by atoms with van der Waals surface area (Å²) in [5.41, 5.74) is 0.757. The van der Waals surface area contributed by atoms with Crippen molar-refractivity contribution in [2.45, 2.75) is 18.4 Å². The summed E-state index contributed by atoms with van der Waals surface area (Å²) in [5, 5.41) is 3.31. The van der Waals surface area contributed by atoms with E-state index in [-0.39, 0.29) is 11.9 Å². The quantitative estimate of drug-likeness (QED) is 0.869. The number of carbonyl (C=O) groups excluding carboxylic acids is 2. The van der Waals surface area contributed by atoms with Crippen LogP contribution in [0.15, 0.2) is 54.9 Å². The number of fused-ring (bicyclic) bond motifs is 1. The van der Waals surface area contributed by atoms with E-state index in [1.807, 2.05) is 30.3 Å². The van der Waals surface area contributed by atoms with Crippen LogP contribution in [0.3, 0.4) is 0 Å². The summed E-state index contributed by atoms with van der Waals surface area (Å²) in [5.74, 6) is -0.155. The predicted molar refractivity (Wildman–Crippen MR) is 94.2 cm³/mol. The molecule has 3 heterocycles. The van der Waals surface area contributed by atoms with E-state index in [1.54, 1.807) is 29.4 Å². The molecule has 128 valence electrons. The summed E-state index contributed by atoms with van der Waals surface area (Å²) in [7, 11) is 0. The maximum atomic E-state index is 13.4. The molecule has 1 aromatic carbocycles. The molecule has 1 N–H and O–H groups in total. The second-order valence-electron chi connectivity index (χ2n) is 6.48. The monoisotopic (exact) mass is 336 g/mol. The van der Waals surface area contributed by atoms with E-state index >= 15 is 0 Å². The molecule has 2 saturated heterocycles. The standard InChI is InChI=1S/C19H20N4O2/c24-17-19(13-15-5-2-1-3-6-15)8-10-20-11-12-22(19)18(25)23(17)16-7-4-9-21-14-16/h1-7,9,14,20H,8,10-13H2. The molecule has 2 fully saturated rings. The van der Waals surface area contributed by atoms with Crippen molar-refractivity contribution in [3.63, 3.8) is 0 Å². The van der Waals surface area contributed by atoms with Gasteiger partial charge in [-0.05, 0) is 30.7 Å². The first-order chi connectivity index (χ1) is 12.2. The number of anilines is 1. The molecule has 1 atom stereocenters. The SMILES string of the molecule is O=C1N(c2cccnc2)C(=O)C2(Cc3ccccc3)CCNCCN12. The number of imide groups is 1. The highest BCUT2D eigenvalue weighted by Gasteiger charge is 2.57. The molecule has 0 bridgehead atoms. The molecular formula is C19H20N4O2. The minimum atomic E-state index is -0.836. The Morgan fingerprint density at radius 3 is 2.68 bits per heavy atom. The largest absolute Gasteiger partial charge is 0.332 e. The first kappa shape index (κ1) is 15.8. The number of rotatable bonds is 3.